The molecule has 0 aliphatic carbocycles. The molecule has 1 aliphatic heterocycles. The van der Waals surface area contributed by atoms with Gasteiger partial charge in [-0.2, -0.15) is 5.10 Å². The second kappa shape index (κ2) is 6.37. The number of hydrogen-bond donors (Lipinski definition) is 1. The summed E-state index contributed by atoms with van der Waals surface area (Å²) in [5.74, 6) is 0.0844. The Bertz CT molecular complexity index is 472. The van der Waals surface area contributed by atoms with E-state index >= 15 is 0 Å². The first-order chi connectivity index (χ1) is 9.55. The summed E-state index contributed by atoms with van der Waals surface area (Å²) in [6.45, 7) is 5.36. The highest BCUT2D eigenvalue weighted by atomic mass is 16.5. The Morgan fingerprint density at radius 3 is 2.85 bits per heavy atom. The van der Waals surface area contributed by atoms with Crippen molar-refractivity contribution in [3.63, 3.8) is 0 Å². The highest BCUT2D eigenvalue weighted by molar-refractivity contribution is 5.76. The van der Waals surface area contributed by atoms with Crippen molar-refractivity contribution in [2.24, 2.45) is 5.73 Å². The number of piperidine rings is 1. The van der Waals surface area contributed by atoms with Gasteiger partial charge < -0.3 is 15.4 Å². The molecular formula is C14H24N4O2. The Balaban J connectivity index is 2.03. The van der Waals surface area contributed by atoms with Crippen LogP contribution in [0.4, 0.5) is 0 Å². The standard InChI is InChI=1S/C14H24N4O2/c1-10-6-11(2)18(16-10)9-14(19)17-5-4-13(20-3)7-12(17)8-15/h6,12-13H,4-5,7-9,15H2,1-3H3. The molecule has 1 aromatic heterocycles. The fraction of sp³-hybridized carbons (Fsp3) is 0.714. The molecule has 0 radical (unpaired) electrons. The van der Waals surface area contributed by atoms with Crippen LogP contribution < -0.4 is 5.73 Å². The van der Waals surface area contributed by atoms with E-state index < -0.39 is 0 Å². The van der Waals surface area contributed by atoms with Crippen LogP contribution in [0, 0.1) is 13.8 Å². The molecule has 0 bridgehead atoms. The van der Waals surface area contributed by atoms with Gasteiger partial charge in [0.25, 0.3) is 0 Å². The van der Waals surface area contributed by atoms with Crippen molar-refractivity contribution < 1.29 is 9.53 Å². The summed E-state index contributed by atoms with van der Waals surface area (Å²) < 4.78 is 7.14. The van der Waals surface area contributed by atoms with Crippen molar-refractivity contribution in [1.29, 1.82) is 0 Å². The Hall–Kier alpha value is -1.40. The molecule has 1 saturated heterocycles. The highest BCUT2D eigenvalue weighted by Crippen LogP contribution is 2.19. The van der Waals surface area contributed by atoms with Crippen molar-refractivity contribution >= 4 is 5.91 Å². The van der Waals surface area contributed by atoms with Crippen LogP contribution >= 0.6 is 0 Å². The number of methoxy groups -OCH3 is 1. The summed E-state index contributed by atoms with van der Waals surface area (Å²) in [5.41, 5.74) is 7.74. The van der Waals surface area contributed by atoms with Gasteiger partial charge in [-0.25, -0.2) is 0 Å². The van der Waals surface area contributed by atoms with Crippen LogP contribution in [-0.4, -0.2) is 52.9 Å². The van der Waals surface area contributed by atoms with Crippen LogP contribution in [0.3, 0.4) is 0 Å². The molecule has 6 heteroatoms. The molecule has 1 aliphatic rings. The van der Waals surface area contributed by atoms with Gasteiger partial charge >= 0.3 is 0 Å². The second-order valence-corrected chi connectivity index (χ2v) is 5.44. The number of carbonyl (C=O) groups excluding carboxylic acids is 1. The number of hydrogen-bond acceptors (Lipinski definition) is 4. The molecule has 0 spiro atoms. The lowest BCUT2D eigenvalue weighted by Crippen LogP contribution is -2.52. The first-order valence-corrected chi connectivity index (χ1v) is 7.08. The van der Waals surface area contributed by atoms with Crippen LogP contribution in [-0.2, 0) is 16.1 Å². The molecule has 20 heavy (non-hydrogen) atoms. The van der Waals surface area contributed by atoms with Gasteiger partial charge in [0, 0.05) is 31.9 Å². The number of likely N-dealkylation sites (tertiary alicyclic amines) is 1. The van der Waals surface area contributed by atoms with E-state index in [9.17, 15) is 4.79 Å². The SMILES string of the molecule is COC1CCN(C(=O)Cn2nc(C)cc2C)C(CN)C1. The molecule has 1 amide bonds. The molecule has 0 saturated carbocycles. The van der Waals surface area contributed by atoms with Crippen LogP contribution in [0.15, 0.2) is 6.07 Å². The van der Waals surface area contributed by atoms with E-state index in [1.807, 2.05) is 24.8 Å². The average molecular weight is 280 g/mol. The lowest BCUT2D eigenvalue weighted by Gasteiger charge is -2.38. The molecule has 2 N–H and O–H groups in total. The minimum absolute atomic E-state index is 0.0677. The van der Waals surface area contributed by atoms with Crippen LogP contribution in [0.25, 0.3) is 0 Å². The van der Waals surface area contributed by atoms with E-state index in [2.05, 4.69) is 5.10 Å². The minimum atomic E-state index is 0.0677. The average Bonchev–Trinajstić information content (AvgIpc) is 2.75. The van der Waals surface area contributed by atoms with Crippen molar-refractivity contribution in [1.82, 2.24) is 14.7 Å². The van der Waals surface area contributed by atoms with Gasteiger partial charge in [0.2, 0.25) is 5.91 Å². The Morgan fingerprint density at radius 1 is 1.55 bits per heavy atom. The number of rotatable bonds is 4. The molecule has 2 unspecified atom stereocenters. The Kier molecular flexibility index (Phi) is 4.77. The number of amides is 1. The van der Waals surface area contributed by atoms with E-state index in [1.54, 1.807) is 11.8 Å². The maximum atomic E-state index is 12.5. The summed E-state index contributed by atoms with van der Waals surface area (Å²) in [6.07, 6.45) is 1.90. The van der Waals surface area contributed by atoms with E-state index in [0.717, 1.165) is 24.2 Å². The first-order valence-electron chi connectivity index (χ1n) is 7.08. The molecule has 2 atom stereocenters. The van der Waals surface area contributed by atoms with Gasteiger partial charge in [0.1, 0.15) is 6.54 Å². The first kappa shape index (κ1) is 15.0. The molecular weight excluding hydrogens is 256 g/mol. The number of aryl methyl sites for hydroxylation is 2. The summed E-state index contributed by atoms with van der Waals surface area (Å²) in [6, 6.07) is 2.04. The summed E-state index contributed by atoms with van der Waals surface area (Å²) >= 11 is 0. The van der Waals surface area contributed by atoms with Crippen LogP contribution in [0.1, 0.15) is 24.2 Å². The number of carbonyl (C=O) groups is 1. The fourth-order valence-electron chi connectivity index (χ4n) is 2.83. The Morgan fingerprint density at radius 2 is 2.30 bits per heavy atom. The van der Waals surface area contributed by atoms with Gasteiger partial charge in [0.15, 0.2) is 0 Å². The van der Waals surface area contributed by atoms with Crippen LogP contribution in [0.5, 0.6) is 0 Å². The predicted octanol–water partition coefficient (Wildman–Crippen LogP) is 0.465. The van der Waals surface area contributed by atoms with E-state index in [0.29, 0.717) is 13.1 Å². The van der Waals surface area contributed by atoms with Crippen molar-refractivity contribution in [3.8, 4) is 0 Å². The Labute approximate surface area is 119 Å². The number of nitrogens with zero attached hydrogens (tertiary/aromatic N) is 3. The monoisotopic (exact) mass is 280 g/mol. The van der Waals surface area contributed by atoms with Crippen molar-refractivity contribution in [3.05, 3.63) is 17.5 Å². The summed E-state index contributed by atoms with van der Waals surface area (Å²) in [5, 5.41) is 4.34. The number of ether oxygens (including phenoxy) is 1. The summed E-state index contributed by atoms with van der Waals surface area (Å²) in [7, 11) is 1.71. The number of aromatic nitrogens is 2. The second-order valence-electron chi connectivity index (χ2n) is 5.44. The minimum Gasteiger partial charge on any atom is -0.381 e. The lowest BCUT2D eigenvalue weighted by molar-refractivity contribution is -0.137. The topological polar surface area (TPSA) is 73.4 Å². The molecule has 112 valence electrons. The van der Waals surface area contributed by atoms with Gasteiger partial charge in [0.05, 0.1) is 11.8 Å². The molecule has 6 nitrogen and oxygen atoms in total. The lowest BCUT2D eigenvalue weighted by atomic mass is 9.99. The third-order valence-corrected chi connectivity index (χ3v) is 3.98. The summed E-state index contributed by atoms with van der Waals surface area (Å²) in [4.78, 5) is 14.3. The van der Waals surface area contributed by atoms with Crippen molar-refractivity contribution in [2.75, 3.05) is 20.2 Å². The van der Waals surface area contributed by atoms with Crippen LogP contribution in [0.2, 0.25) is 0 Å². The van der Waals surface area contributed by atoms with Crippen molar-refractivity contribution in [2.45, 2.75) is 45.4 Å². The third-order valence-electron chi connectivity index (χ3n) is 3.98. The van der Waals surface area contributed by atoms with Gasteiger partial charge in [-0.3, -0.25) is 9.48 Å². The van der Waals surface area contributed by atoms with E-state index in [1.165, 1.54) is 0 Å². The molecule has 1 fully saturated rings. The van der Waals surface area contributed by atoms with E-state index in [4.69, 9.17) is 10.5 Å². The largest absolute Gasteiger partial charge is 0.381 e. The quantitative estimate of drug-likeness (QED) is 0.870. The smallest absolute Gasteiger partial charge is 0.244 e. The molecule has 2 rings (SSSR count). The normalized spacial score (nSPS) is 23.1. The van der Waals surface area contributed by atoms with Gasteiger partial charge in [-0.05, 0) is 32.8 Å². The van der Waals surface area contributed by atoms with Gasteiger partial charge in [-0.1, -0.05) is 0 Å². The zero-order chi connectivity index (χ0) is 14.7. The number of nitrogens with two attached hydrogens (primary N) is 1. The maximum absolute atomic E-state index is 12.5. The molecule has 2 heterocycles. The van der Waals surface area contributed by atoms with Gasteiger partial charge in [-0.15, -0.1) is 0 Å². The van der Waals surface area contributed by atoms with E-state index in [-0.39, 0.29) is 24.6 Å². The third kappa shape index (κ3) is 3.19. The maximum Gasteiger partial charge on any atom is 0.244 e. The zero-order valence-electron chi connectivity index (χ0n) is 12.5. The molecule has 1 aromatic rings. The zero-order valence-corrected chi connectivity index (χ0v) is 12.5. The fourth-order valence-corrected chi connectivity index (χ4v) is 2.83. The predicted molar refractivity (Wildman–Crippen MR) is 76.3 cm³/mol. The highest BCUT2D eigenvalue weighted by Gasteiger charge is 2.30. The molecule has 0 aromatic carbocycles.